The van der Waals surface area contributed by atoms with Crippen LogP contribution < -0.4 is 5.56 Å². The molecule has 1 unspecified atom stereocenters. The van der Waals surface area contributed by atoms with Crippen LogP contribution in [0.3, 0.4) is 0 Å². The molecule has 11 nitrogen and oxygen atoms in total. The van der Waals surface area contributed by atoms with Crippen molar-refractivity contribution >= 4 is 33.8 Å². The van der Waals surface area contributed by atoms with Crippen molar-refractivity contribution in [3.8, 4) is 0 Å². The Labute approximate surface area is 273 Å². The van der Waals surface area contributed by atoms with Crippen molar-refractivity contribution in [2.45, 2.75) is 76.0 Å². The number of nitrogens with one attached hydrogen (secondary N) is 2. The van der Waals surface area contributed by atoms with E-state index >= 15 is 0 Å². The summed E-state index contributed by atoms with van der Waals surface area (Å²) in [6.45, 7) is 5.95. The van der Waals surface area contributed by atoms with E-state index in [1.165, 1.54) is 24.2 Å². The highest BCUT2D eigenvalue weighted by Gasteiger charge is 2.40. The summed E-state index contributed by atoms with van der Waals surface area (Å²) in [6.07, 6.45) is 6.43. The summed E-state index contributed by atoms with van der Waals surface area (Å²) in [5, 5.41) is 20.5. The number of H-pyrrole nitrogens is 2. The number of carbonyl (C=O) groups excluding carboxylic acids is 2. The first-order valence-electron chi connectivity index (χ1n) is 17.0. The Morgan fingerprint density at radius 2 is 1.72 bits per heavy atom. The fraction of sp³-hybridized carbons (Fsp3) is 0.500. The summed E-state index contributed by atoms with van der Waals surface area (Å²) in [6, 6.07) is 13.7. The van der Waals surface area contributed by atoms with Crippen LogP contribution in [0, 0.1) is 6.92 Å². The first kappa shape index (κ1) is 31.4. The van der Waals surface area contributed by atoms with Crippen molar-refractivity contribution < 1.29 is 19.4 Å². The lowest BCUT2D eigenvalue weighted by Crippen LogP contribution is -2.52. The number of aromatic amines is 2. The van der Waals surface area contributed by atoms with Crippen LogP contribution in [0.1, 0.15) is 61.6 Å². The van der Waals surface area contributed by atoms with Crippen LogP contribution in [0.25, 0.3) is 21.8 Å². The fourth-order valence-electron chi connectivity index (χ4n) is 7.78. The molecule has 0 saturated carbocycles. The van der Waals surface area contributed by atoms with Crippen LogP contribution in [-0.4, -0.2) is 98.4 Å². The topological polar surface area (TPSA) is 135 Å². The standard InChI is InChI=1S/C36H44N6O5/c1-24-19-25(20-27-23-37-39-32(24)27)21-31(34(44)41-15-9-28(10-16-41)40-13-5-2-6-14-40)47-35(45)42-17-11-36(46,12-18-42)29-22-26-7-3-4-8-30(26)38-33(29)43/h3-4,7-8,19-20,22-23,28,31,46H,2,5-6,9-18,21H2,1H3,(H,37,39)(H,38,43). The summed E-state index contributed by atoms with van der Waals surface area (Å²) in [4.78, 5) is 49.5. The third kappa shape index (κ3) is 6.51. The number of fused-ring (bicyclic) bond motifs is 2. The number of para-hydroxylation sites is 1. The van der Waals surface area contributed by atoms with Crippen molar-refractivity contribution in [2.24, 2.45) is 0 Å². The number of aryl methyl sites for hydroxylation is 1. The number of likely N-dealkylation sites (tertiary alicyclic amines) is 3. The van der Waals surface area contributed by atoms with E-state index in [1.54, 1.807) is 12.3 Å². The average molecular weight is 641 g/mol. The molecule has 0 radical (unpaired) electrons. The molecule has 47 heavy (non-hydrogen) atoms. The lowest BCUT2D eigenvalue weighted by molar-refractivity contribution is -0.142. The van der Waals surface area contributed by atoms with E-state index < -0.39 is 17.8 Å². The van der Waals surface area contributed by atoms with E-state index in [4.69, 9.17) is 4.74 Å². The van der Waals surface area contributed by atoms with Crippen LogP contribution in [0.15, 0.2) is 53.5 Å². The predicted molar refractivity (Wildman–Crippen MR) is 179 cm³/mol. The molecule has 4 aromatic rings. The normalized spacial score (nSPS) is 20.0. The number of hydrogen-bond donors (Lipinski definition) is 3. The molecule has 2 amide bonds. The molecule has 3 N–H and O–H groups in total. The Kier molecular flexibility index (Phi) is 8.76. The number of pyridine rings is 1. The Morgan fingerprint density at radius 3 is 2.49 bits per heavy atom. The fourth-order valence-corrected chi connectivity index (χ4v) is 7.78. The molecule has 3 aliphatic heterocycles. The van der Waals surface area contributed by atoms with Gasteiger partial charge in [0.15, 0.2) is 6.10 Å². The molecule has 3 fully saturated rings. The van der Waals surface area contributed by atoms with Gasteiger partial charge in [0.25, 0.3) is 11.5 Å². The summed E-state index contributed by atoms with van der Waals surface area (Å²) >= 11 is 0. The van der Waals surface area contributed by atoms with Crippen LogP contribution >= 0.6 is 0 Å². The molecule has 3 saturated heterocycles. The number of aromatic nitrogens is 3. The second kappa shape index (κ2) is 13.1. The molecule has 11 heteroatoms. The number of benzene rings is 2. The van der Waals surface area contributed by atoms with E-state index in [0.29, 0.717) is 30.2 Å². The molecule has 2 aromatic carbocycles. The maximum atomic E-state index is 14.1. The zero-order valence-corrected chi connectivity index (χ0v) is 27.0. The highest BCUT2D eigenvalue weighted by atomic mass is 16.6. The molecule has 248 valence electrons. The zero-order valence-electron chi connectivity index (χ0n) is 27.0. The summed E-state index contributed by atoms with van der Waals surface area (Å²) < 4.78 is 6.05. The SMILES string of the molecule is Cc1cc(CC(OC(=O)N2CCC(O)(c3cc4ccccc4[nH]c3=O)CC2)C(=O)N2CCC(N3CCCCC3)CC2)cc2cn[nH]c12. The third-order valence-electron chi connectivity index (χ3n) is 10.5. The minimum Gasteiger partial charge on any atom is -0.436 e. The van der Waals surface area contributed by atoms with Crippen molar-refractivity contribution in [2.75, 3.05) is 39.3 Å². The van der Waals surface area contributed by atoms with Gasteiger partial charge in [-0.3, -0.25) is 14.7 Å². The van der Waals surface area contributed by atoms with Gasteiger partial charge in [-0.25, -0.2) is 4.79 Å². The summed E-state index contributed by atoms with van der Waals surface area (Å²) in [5.41, 5.74) is 2.15. The maximum absolute atomic E-state index is 14.1. The van der Waals surface area contributed by atoms with Crippen LogP contribution in [0.5, 0.6) is 0 Å². The highest BCUT2D eigenvalue weighted by Crippen LogP contribution is 2.33. The van der Waals surface area contributed by atoms with Gasteiger partial charge in [0.05, 0.1) is 17.3 Å². The lowest BCUT2D eigenvalue weighted by atomic mass is 9.84. The molecule has 1 atom stereocenters. The van der Waals surface area contributed by atoms with Gasteiger partial charge < -0.3 is 29.5 Å². The van der Waals surface area contributed by atoms with Crippen molar-refractivity contribution in [1.82, 2.24) is 29.9 Å². The second-order valence-corrected chi connectivity index (χ2v) is 13.6. The van der Waals surface area contributed by atoms with Crippen LogP contribution in [0.2, 0.25) is 0 Å². The van der Waals surface area contributed by atoms with Gasteiger partial charge in [-0.15, -0.1) is 0 Å². The van der Waals surface area contributed by atoms with Gasteiger partial charge >= 0.3 is 6.09 Å². The number of amides is 2. The molecule has 3 aliphatic rings. The number of ether oxygens (including phenoxy) is 1. The largest absolute Gasteiger partial charge is 0.436 e. The molecule has 0 spiro atoms. The molecule has 0 bridgehead atoms. The minimum atomic E-state index is -1.38. The lowest BCUT2D eigenvalue weighted by Gasteiger charge is -2.41. The van der Waals surface area contributed by atoms with E-state index in [1.807, 2.05) is 48.2 Å². The average Bonchev–Trinajstić information content (AvgIpc) is 3.57. The zero-order chi connectivity index (χ0) is 32.5. The van der Waals surface area contributed by atoms with E-state index in [9.17, 15) is 19.5 Å². The van der Waals surface area contributed by atoms with Gasteiger partial charge in [0.2, 0.25) is 0 Å². The molecular weight excluding hydrogens is 596 g/mol. The Hall–Kier alpha value is -4.22. The first-order valence-corrected chi connectivity index (χ1v) is 17.0. The van der Waals surface area contributed by atoms with Crippen molar-refractivity contribution in [1.29, 1.82) is 0 Å². The maximum Gasteiger partial charge on any atom is 0.410 e. The Bertz CT molecular complexity index is 1810. The highest BCUT2D eigenvalue weighted by molar-refractivity contribution is 5.85. The predicted octanol–water partition coefficient (Wildman–Crippen LogP) is 4.22. The Balaban J connectivity index is 1.05. The number of rotatable bonds is 6. The molecule has 0 aliphatic carbocycles. The smallest absolute Gasteiger partial charge is 0.410 e. The monoisotopic (exact) mass is 640 g/mol. The quantitative estimate of drug-likeness (QED) is 0.287. The number of aliphatic hydroxyl groups is 1. The summed E-state index contributed by atoms with van der Waals surface area (Å²) in [7, 11) is 0. The van der Waals surface area contributed by atoms with Crippen molar-refractivity contribution in [3.05, 3.63) is 75.7 Å². The minimum absolute atomic E-state index is 0.170. The molecular formula is C36H44N6O5. The second-order valence-electron chi connectivity index (χ2n) is 13.6. The van der Waals surface area contributed by atoms with Gasteiger partial charge in [-0.1, -0.05) is 30.7 Å². The summed E-state index contributed by atoms with van der Waals surface area (Å²) in [5.74, 6) is -0.170. The van der Waals surface area contributed by atoms with Crippen LogP contribution in [0.4, 0.5) is 4.79 Å². The number of nitrogens with zero attached hydrogens (tertiary/aromatic N) is 4. The molecule has 5 heterocycles. The van der Waals surface area contributed by atoms with Crippen LogP contribution in [-0.2, 0) is 21.6 Å². The van der Waals surface area contributed by atoms with E-state index in [0.717, 1.165) is 53.3 Å². The molecule has 2 aromatic heterocycles. The van der Waals surface area contributed by atoms with E-state index in [2.05, 4.69) is 20.1 Å². The number of carbonyl (C=O) groups is 2. The van der Waals surface area contributed by atoms with Gasteiger partial charge in [0.1, 0.15) is 0 Å². The van der Waals surface area contributed by atoms with Gasteiger partial charge in [-0.05, 0) is 93.3 Å². The number of piperidine rings is 3. The van der Waals surface area contributed by atoms with Gasteiger partial charge in [0, 0.05) is 55.1 Å². The first-order chi connectivity index (χ1) is 22.8. The van der Waals surface area contributed by atoms with Crippen molar-refractivity contribution in [3.63, 3.8) is 0 Å². The Morgan fingerprint density at radius 1 is 0.979 bits per heavy atom. The number of hydrogen-bond acceptors (Lipinski definition) is 7. The molecule has 7 rings (SSSR count). The third-order valence-corrected chi connectivity index (χ3v) is 10.5. The van der Waals surface area contributed by atoms with E-state index in [-0.39, 0.29) is 43.8 Å². The van der Waals surface area contributed by atoms with Gasteiger partial charge in [-0.2, -0.15) is 5.10 Å².